The van der Waals surface area contributed by atoms with Gasteiger partial charge in [0.25, 0.3) is 0 Å². The maximum absolute atomic E-state index is 8.75. The summed E-state index contributed by atoms with van der Waals surface area (Å²) in [5.41, 5.74) is 1.12. The van der Waals surface area contributed by atoms with E-state index in [9.17, 15) is 0 Å². The fraction of sp³-hybridized carbons (Fsp3) is 0.667. The fourth-order valence-corrected chi connectivity index (χ4v) is 2.87. The second-order valence-corrected chi connectivity index (χ2v) is 5.67. The lowest BCUT2D eigenvalue weighted by atomic mass is 10.1. The van der Waals surface area contributed by atoms with Gasteiger partial charge < -0.3 is 0 Å². The van der Waals surface area contributed by atoms with Crippen molar-refractivity contribution in [3.8, 4) is 6.07 Å². The van der Waals surface area contributed by atoms with Crippen LogP contribution in [0.3, 0.4) is 0 Å². The molecule has 1 aromatic heterocycles. The molecule has 0 aliphatic rings. The van der Waals surface area contributed by atoms with Gasteiger partial charge in [-0.1, -0.05) is 27.7 Å². The molecule has 1 aromatic rings. The highest BCUT2D eigenvalue weighted by atomic mass is 32.1. The lowest BCUT2D eigenvalue weighted by molar-refractivity contribution is 0.641. The molecule has 0 saturated carbocycles. The standard InChI is InChI=1S/C12H18N2S/c1-8(2)7-11-14-12(9(3)4)10(15-11)5-6-13/h8-9H,5,7H2,1-4H3. The summed E-state index contributed by atoms with van der Waals surface area (Å²) in [5, 5.41) is 9.93. The van der Waals surface area contributed by atoms with Crippen LogP contribution in [0.2, 0.25) is 0 Å². The van der Waals surface area contributed by atoms with Crippen LogP contribution >= 0.6 is 11.3 Å². The van der Waals surface area contributed by atoms with Crippen LogP contribution in [-0.2, 0) is 12.8 Å². The van der Waals surface area contributed by atoms with Crippen LogP contribution in [0.5, 0.6) is 0 Å². The van der Waals surface area contributed by atoms with E-state index in [0.29, 0.717) is 18.3 Å². The van der Waals surface area contributed by atoms with Crippen molar-refractivity contribution in [1.82, 2.24) is 4.98 Å². The molecule has 0 N–H and O–H groups in total. The summed E-state index contributed by atoms with van der Waals surface area (Å²) in [6, 6.07) is 2.22. The van der Waals surface area contributed by atoms with Crippen molar-refractivity contribution in [2.45, 2.75) is 46.5 Å². The van der Waals surface area contributed by atoms with Gasteiger partial charge >= 0.3 is 0 Å². The summed E-state index contributed by atoms with van der Waals surface area (Å²) in [4.78, 5) is 5.79. The zero-order valence-electron chi connectivity index (χ0n) is 9.87. The molecule has 0 aliphatic heterocycles. The van der Waals surface area contributed by atoms with E-state index >= 15 is 0 Å². The number of thiazole rings is 1. The highest BCUT2D eigenvalue weighted by molar-refractivity contribution is 7.11. The Morgan fingerprint density at radius 3 is 2.47 bits per heavy atom. The number of nitrogens with zero attached hydrogens (tertiary/aromatic N) is 2. The van der Waals surface area contributed by atoms with Crippen LogP contribution in [0.4, 0.5) is 0 Å². The first-order valence-electron chi connectivity index (χ1n) is 5.40. The molecule has 0 bridgehead atoms. The van der Waals surface area contributed by atoms with Crippen molar-refractivity contribution in [2.24, 2.45) is 5.92 Å². The molecule has 0 atom stereocenters. The van der Waals surface area contributed by atoms with Gasteiger partial charge in [-0.15, -0.1) is 11.3 Å². The zero-order valence-corrected chi connectivity index (χ0v) is 10.7. The molecule has 0 spiro atoms. The number of rotatable bonds is 4. The minimum Gasteiger partial charge on any atom is -0.246 e. The van der Waals surface area contributed by atoms with Crippen LogP contribution in [-0.4, -0.2) is 4.98 Å². The van der Waals surface area contributed by atoms with Crippen molar-refractivity contribution >= 4 is 11.3 Å². The Bertz CT molecular complexity index is 358. The average molecular weight is 222 g/mol. The first-order chi connectivity index (χ1) is 7.04. The van der Waals surface area contributed by atoms with Gasteiger partial charge in [-0.05, 0) is 11.8 Å². The minimum atomic E-state index is 0.422. The summed E-state index contributed by atoms with van der Waals surface area (Å²) >= 11 is 1.71. The largest absolute Gasteiger partial charge is 0.246 e. The highest BCUT2D eigenvalue weighted by Gasteiger charge is 2.14. The lowest BCUT2D eigenvalue weighted by Crippen LogP contribution is -1.95. The zero-order chi connectivity index (χ0) is 11.4. The molecule has 0 amide bonds. The second-order valence-electron chi connectivity index (χ2n) is 4.50. The average Bonchev–Trinajstić information content (AvgIpc) is 2.47. The Kier molecular flexibility index (Phi) is 4.28. The van der Waals surface area contributed by atoms with Crippen molar-refractivity contribution in [2.75, 3.05) is 0 Å². The third-order valence-electron chi connectivity index (χ3n) is 2.14. The highest BCUT2D eigenvalue weighted by Crippen LogP contribution is 2.26. The van der Waals surface area contributed by atoms with Gasteiger partial charge in [-0.2, -0.15) is 5.26 Å². The van der Waals surface area contributed by atoms with Crippen molar-refractivity contribution < 1.29 is 0 Å². The summed E-state index contributed by atoms with van der Waals surface area (Å²) in [7, 11) is 0. The third kappa shape index (κ3) is 3.32. The van der Waals surface area contributed by atoms with Gasteiger partial charge in [0.2, 0.25) is 0 Å². The molecule has 82 valence electrons. The van der Waals surface area contributed by atoms with E-state index in [0.717, 1.165) is 17.0 Å². The number of aromatic nitrogens is 1. The smallest absolute Gasteiger partial charge is 0.0934 e. The summed E-state index contributed by atoms with van der Waals surface area (Å²) in [5.74, 6) is 1.05. The number of hydrogen-bond donors (Lipinski definition) is 0. The monoisotopic (exact) mass is 222 g/mol. The molecular weight excluding hydrogens is 204 g/mol. The molecule has 1 rings (SSSR count). The molecule has 2 nitrogen and oxygen atoms in total. The van der Waals surface area contributed by atoms with Gasteiger partial charge in [0.1, 0.15) is 0 Å². The van der Waals surface area contributed by atoms with Gasteiger partial charge in [0.15, 0.2) is 0 Å². The summed E-state index contributed by atoms with van der Waals surface area (Å²) in [6.07, 6.45) is 1.53. The first-order valence-corrected chi connectivity index (χ1v) is 6.21. The van der Waals surface area contributed by atoms with Gasteiger partial charge in [-0.25, -0.2) is 4.98 Å². The maximum atomic E-state index is 8.75. The van der Waals surface area contributed by atoms with Crippen LogP contribution in [0.15, 0.2) is 0 Å². The number of nitriles is 1. The summed E-state index contributed by atoms with van der Waals surface area (Å²) in [6.45, 7) is 8.66. The molecule has 0 saturated heterocycles. The predicted octanol–water partition coefficient (Wildman–Crippen LogP) is 3.53. The van der Waals surface area contributed by atoms with E-state index in [4.69, 9.17) is 5.26 Å². The Morgan fingerprint density at radius 2 is 2.00 bits per heavy atom. The van der Waals surface area contributed by atoms with E-state index in [1.807, 2.05) is 0 Å². The van der Waals surface area contributed by atoms with Crippen LogP contribution in [0, 0.1) is 17.2 Å². The van der Waals surface area contributed by atoms with Crippen molar-refractivity contribution in [1.29, 1.82) is 5.26 Å². The topological polar surface area (TPSA) is 36.7 Å². The predicted molar refractivity (Wildman–Crippen MR) is 64.1 cm³/mol. The second kappa shape index (κ2) is 5.27. The molecule has 0 aromatic carbocycles. The molecule has 0 fully saturated rings. The molecule has 3 heteroatoms. The normalized spacial score (nSPS) is 11.0. The molecule has 0 aliphatic carbocycles. The minimum absolute atomic E-state index is 0.422. The SMILES string of the molecule is CC(C)Cc1nc(C(C)C)c(CC#N)s1. The van der Waals surface area contributed by atoms with E-state index in [1.165, 1.54) is 5.01 Å². The Hall–Kier alpha value is -0.880. The maximum Gasteiger partial charge on any atom is 0.0934 e. The lowest BCUT2D eigenvalue weighted by Gasteiger charge is -2.01. The van der Waals surface area contributed by atoms with E-state index in [1.54, 1.807) is 11.3 Å². The van der Waals surface area contributed by atoms with E-state index in [2.05, 4.69) is 38.7 Å². The first kappa shape index (κ1) is 12.2. The number of hydrogen-bond acceptors (Lipinski definition) is 3. The fourth-order valence-electron chi connectivity index (χ4n) is 1.50. The third-order valence-corrected chi connectivity index (χ3v) is 3.23. The molecule has 1 heterocycles. The van der Waals surface area contributed by atoms with Gasteiger partial charge in [0.05, 0.1) is 23.2 Å². The van der Waals surface area contributed by atoms with Gasteiger partial charge in [-0.3, -0.25) is 0 Å². The molecule has 0 unspecified atom stereocenters. The van der Waals surface area contributed by atoms with Gasteiger partial charge in [0, 0.05) is 11.3 Å². The quantitative estimate of drug-likeness (QED) is 0.781. The molecule has 0 radical (unpaired) electrons. The Labute approximate surface area is 96.0 Å². The summed E-state index contributed by atoms with van der Waals surface area (Å²) < 4.78 is 0. The van der Waals surface area contributed by atoms with Crippen molar-refractivity contribution in [3.63, 3.8) is 0 Å². The van der Waals surface area contributed by atoms with Crippen LogP contribution in [0.1, 0.15) is 49.2 Å². The van der Waals surface area contributed by atoms with E-state index < -0.39 is 0 Å². The molecular formula is C12H18N2S. The van der Waals surface area contributed by atoms with E-state index in [-0.39, 0.29) is 0 Å². The van der Waals surface area contributed by atoms with Crippen molar-refractivity contribution in [3.05, 3.63) is 15.6 Å². The van der Waals surface area contributed by atoms with Crippen LogP contribution < -0.4 is 0 Å². The molecule has 15 heavy (non-hydrogen) atoms. The van der Waals surface area contributed by atoms with Crippen LogP contribution in [0.25, 0.3) is 0 Å². The Morgan fingerprint density at radius 1 is 1.33 bits per heavy atom. The Balaban J connectivity index is 2.94.